The van der Waals surface area contributed by atoms with Gasteiger partial charge in [-0.05, 0) is 31.4 Å². The van der Waals surface area contributed by atoms with Gasteiger partial charge in [0.15, 0.2) is 4.87 Å². The Bertz CT molecular complexity index is 614. The summed E-state index contributed by atoms with van der Waals surface area (Å²) in [4.78, 5) is 29.1. The van der Waals surface area contributed by atoms with Gasteiger partial charge in [0, 0.05) is 24.4 Å². The Morgan fingerprint density at radius 3 is 2.90 bits per heavy atom. The minimum atomic E-state index is -0.724. The lowest BCUT2D eigenvalue weighted by molar-refractivity contribution is -0.133. The Morgan fingerprint density at radius 1 is 1.40 bits per heavy atom. The van der Waals surface area contributed by atoms with Crippen LogP contribution in [0.5, 0.6) is 0 Å². The van der Waals surface area contributed by atoms with Crippen LogP contribution >= 0.6 is 11.8 Å². The molecule has 0 N–H and O–H groups in total. The molecule has 0 spiro atoms. The number of carbonyl (C=O) groups is 2. The molecule has 1 atom stereocenters. The van der Waals surface area contributed by atoms with Crippen molar-refractivity contribution in [3.05, 3.63) is 24.3 Å². The van der Waals surface area contributed by atoms with E-state index >= 15 is 0 Å². The third-order valence-electron chi connectivity index (χ3n) is 4.42. The van der Waals surface area contributed by atoms with Gasteiger partial charge >= 0.3 is 0 Å². The number of para-hydroxylation sites is 1. The van der Waals surface area contributed by atoms with Gasteiger partial charge in [0.25, 0.3) is 5.91 Å². The Labute approximate surface area is 122 Å². The third kappa shape index (κ3) is 1.50. The maximum atomic E-state index is 13.0. The highest BCUT2D eigenvalue weighted by Gasteiger charge is 2.59. The van der Waals surface area contributed by atoms with Gasteiger partial charge in [0.2, 0.25) is 5.91 Å². The topological polar surface area (TPSA) is 40.6 Å². The fourth-order valence-corrected chi connectivity index (χ4v) is 4.69. The van der Waals surface area contributed by atoms with Gasteiger partial charge in [-0.25, -0.2) is 0 Å². The van der Waals surface area contributed by atoms with Gasteiger partial charge in [0.1, 0.15) is 0 Å². The lowest BCUT2D eigenvalue weighted by Crippen LogP contribution is -2.53. The second-order valence-electron chi connectivity index (χ2n) is 5.73. The van der Waals surface area contributed by atoms with Gasteiger partial charge in [-0.1, -0.05) is 23.9 Å². The predicted octanol–water partition coefficient (Wildman–Crippen LogP) is 2.24. The number of benzene rings is 1. The molecule has 2 aliphatic heterocycles. The molecule has 1 aromatic carbocycles. The van der Waals surface area contributed by atoms with Crippen LogP contribution in [0.2, 0.25) is 0 Å². The SMILES string of the molecule is CN(C(=O)C12CCC(=O)N1c1ccccc1S2)C1CC1. The van der Waals surface area contributed by atoms with E-state index in [0.717, 1.165) is 23.4 Å². The molecule has 1 aromatic rings. The van der Waals surface area contributed by atoms with Gasteiger partial charge in [-0.2, -0.15) is 0 Å². The number of likely N-dealkylation sites (N-methyl/N-ethyl adjacent to an activating group) is 1. The average Bonchev–Trinajstić information content (AvgIpc) is 3.17. The molecular weight excluding hydrogens is 272 g/mol. The van der Waals surface area contributed by atoms with Crippen LogP contribution in [0.25, 0.3) is 0 Å². The normalized spacial score (nSPS) is 27.4. The fourth-order valence-electron chi connectivity index (χ4n) is 3.19. The molecular formula is C15H16N2O2S. The Morgan fingerprint density at radius 2 is 2.15 bits per heavy atom. The van der Waals surface area contributed by atoms with Crippen LogP contribution in [0, 0.1) is 0 Å². The van der Waals surface area contributed by atoms with E-state index in [-0.39, 0.29) is 11.8 Å². The molecule has 1 unspecified atom stereocenters. The molecule has 4 rings (SSSR count). The Kier molecular flexibility index (Phi) is 2.46. The van der Waals surface area contributed by atoms with Crippen molar-refractivity contribution in [2.45, 2.75) is 41.5 Å². The maximum absolute atomic E-state index is 13.0. The zero-order valence-electron chi connectivity index (χ0n) is 11.3. The van der Waals surface area contributed by atoms with Crippen molar-refractivity contribution >= 4 is 29.3 Å². The first-order valence-electron chi connectivity index (χ1n) is 7.02. The molecule has 2 amide bonds. The molecule has 1 saturated heterocycles. The summed E-state index contributed by atoms with van der Waals surface area (Å²) in [5, 5.41) is 0. The zero-order chi connectivity index (χ0) is 13.9. The van der Waals surface area contributed by atoms with Crippen molar-refractivity contribution in [1.29, 1.82) is 0 Å². The van der Waals surface area contributed by atoms with E-state index in [4.69, 9.17) is 0 Å². The van der Waals surface area contributed by atoms with Crippen molar-refractivity contribution in [3.8, 4) is 0 Å². The fraction of sp³-hybridized carbons (Fsp3) is 0.467. The van der Waals surface area contributed by atoms with Crippen LogP contribution < -0.4 is 4.90 Å². The largest absolute Gasteiger partial charge is 0.340 e. The van der Waals surface area contributed by atoms with Gasteiger partial charge in [-0.15, -0.1) is 0 Å². The first kappa shape index (κ1) is 12.3. The van der Waals surface area contributed by atoms with Crippen molar-refractivity contribution in [1.82, 2.24) is 4.90 Å². The standard InChI is InChI=1S/C15H16N2O2S/c1-16(10-6-7-10)14(19)15-9-8-13(18)17(15)11-4-2-3-5-12(11)20-15/h2-5,10H,6-9H2,1H3. The molecule has 104 valence electrons. The van der Waals surface area contributed by atoms with Crippen LogP contribution in [0.3, 0.4) is 0 Å². The highest BCUT2D eigenvalue weighted by Crippen LogP contribution is 2.56. The smallest absolute Gasteiger partial charge is 0.259 e. The Hall–Kier alpha value is -1.49. The minimum Gasteiger partial charge on any atom is -0.340 e. The number of nitrogens with zero attached hydrogens (tertiary/aromatic N) is 2. The van der Waals surface area contributed by atoms with E-state index in [9.17, 15) is 9.59 Å². The van der Waals surface area contributed by atoms with Gasteiger partial charge < -0.3 is 4.90 Å². The number of anilines is 1. The molecule has 2 fully saturated rings. The molecule has 4 nitrogen and oxygen atoms in total. The van der Waals surface area contributed by atoms with E-state index in [1.807, 2.05) is 36.2 Å². The van der Waals surface area contributed by atoms with Crippen LogP contribution in [-0.4, -0.2) is 34.7 Å². The van der Waals surface area contributed by atoms with E-state index in [1.165, 1.54) is 0 Å². The molecule has 0 bridgehead atoms. The number of hydrogen-bond donors (Lipinski definition) is 0. The minimum absolute atomic E-state index is 0.0694. The molecule has 20 heavy (non-hydrogen) atoms. The quantitative estimate of drug-likeness (QED) is 0.838. The molecule has 3 aliphatic rings. The number of hydrogen-bond acceptors (Lipinski definition) is 3. The highest BCUT2D eigenvalue weighted by atomic mass is 32.2. The number of amides is 2. The molecule has 1 saturated carbocycles. The first-order valence-corrected chi connectivity index (χ1v) is 7.83. The number of rotatable bonds is 2. The molecule has 1 aliphatic carbocycles. The zero-order valence-corrected chi connectivity index (χ0v) is 12.2. The van der Waals surface area contributed by atoms with E-state index in [2.05, 4.69) is 0 Å². The number of carbonyl (C=O) groups excluding carboxylic acids is 2. The lowest BCUT2D eigenvalue weighted by Gasteiger charge is -2.33. The number of fused-ring (bicyclic) bond motifs is 3. The van der Waals surface area contributed by atoms with Crippen molar-refractivity contribution in [3.63, 3.8) is 0 Å². The van der Waals surface area contributed by atoms with Crippen LogP contribution in [0.1, 0.15) is 25.7 Å². The number of thioether (sulfide) groups is 1. The third-order valence-corrected chi connectivity index (χ3v) is 5.89. The summed E-state index contributed by atoms with van der Waals surface area (Å²) < 4.78 is 0. The lowest BCUT2D eigenvalue weighted by atomic mass is 10.1. The van der Waals surface area contributed by atoms with Crippen molar-refractivity contribution in [2.24, 2.45) is 0 Å². The average molecular weight is 288 g/mol. The van der Waals surface area contributed by atoms with E-state index in [0.29, 0.717) is 18.9 Å². The van der Waals surface area contributed by atoms with E-state index < -0.39 is 4.87 Å². The second kappa shape index (κ2) is 4.01. The molecule has 2 heterocycles. The molecule has 0 aromatic heterocycles. The first-order chi connectivity index (χ1) is 9.63. The summed E-state index contributed by atoms with van der Waals surface area (Å²) in [6.45, 7) is 0. The summed E-state index contributed by atoms with van der Waals surface area (Å²) in [5.74, 6) is 0.159. The van der Waals surface area contributed by atoms with Crippen LogP contribution in [0.15, 0.2) is 29.2 Å². The molecule has 0 radical (unpaired) electrons. The Balaban J connectivity index is 1.77. The maximum Gasteiger partial charge on any atom is 0.259 e. The van der Waals surface area contributed by atoms with Gasteiger partial charge in [-0.3, -0.25) is 14.5 Å². The van der Waals surface area contributed by atoms with Crippen LogP contribution in [0.4, 0.5) is 5.69 Å². The summed E-state index contributed by atoms with van der Waals surface area (Å²) >= 11 is 1.55. The van der Waals surface area contributed by atoms with Crippen LogP contribution in [-0.2, 0) is 9.59 Å². The monoisotopic (exact) mass is 288 g/mol. The molecule has 5 heteroatoms. The van der Waals surface area contributed by atoms with Gasteiger partial charge in [0.05, 0.1) is 5.69 Å². The second-order valence-corrected chi connectivity index (χ2v) is 7.05. The van der Waals surface area contributed by atoms with Crippen molar-refractivity contribution in [2.75, 3.05) is 11.9 Å². The van der Waals surface area contributed by atoms with E-state index in [1.54, 1.807) is 16.7 Å². The summed E-state index contributed by atoms with van der Waals surface area (Å²) in [7, 11) is 1.87. The van der Waals surface area contributed by atoms with Crippen molar-refractivity contribution < 1.29 is 9.59 Å². The highest BCUT2D eigenvalue weighted by molar-refractivity contribution is 8.02. The predicted molar refractivity (Wildman–Crippen MR) is 77.5 cm³/mol. The summed E-state index contributed by atoms with van der Waals surface area (Å²) in [5.41, 5.74) is 0.901. The summed E-state index contributed by atoms with van der Waals surface area (Å²) in [6, 6.07) is 8.20. The summed E-state index contributed by atoms with van der Waals surface area (Å²) in [6.07, 6.45) is 3.25.